The summed E-state index contributed by atoms with van der Waals surface area (Å²) in [7, 11) is -3.20. The predicted molar refractivity (Wildman–Crippen MR) is 121 cm³/mol. The first kappa shape index (κ1) is 22.4. The van der Waals surface area contributed by atoms with Crippen molar-refractivity contribution < 1.29 is 21.9 Å². The lowest BCUT2D eigenvalue weighted by Crippen LogP contribution is -2.48. The lowest BCUT2D eigenvalue weighted by atomic mass is 9.94. The van der Waals surface area contributed by atoms with Gasteiger partial charge in [-0.1, -0.05) is 22.0 Å². The molecule has 8 heteroatoms. The van der Waals surface area contributed by atoms with Crippen molar-refractivity contribution in [2.45, 2.75) is 30.4 Å². The van der Waals surface area contributed by atoms with E-state index in [1.54, 1.807) is 6.07 Å². The molecule has 4 nitrogen and oxygen atoms in total. The molecule has 0 radical (unpaired) electrons. The molecule has 1 heterocycles. The smallest absolute Gasteiger partial charge is 0.153 e. The van der Waals surface area contributed by atoms with Gasteiger partial charge in [0.1, 0.15) is 17.4 Å². The Bertz CT molecular complexity index is 1140. The van der Waals surface area contributed by atoms with Crippen molar-refractivity contribution in [2.24, 2.45) is 0 Å². The van der Waals surface area contributed by atoms with Crippen LogP contribution in [0.4, 0.5) is 8.78 Å². The van der Waals surface area contributed by atoms with Crippen LogP contribution in [-0.2, 0) is 16.3 Å². The first-order valence-corrected chi connectivity index (χ1v) is 12.9. The minimum absolute atomic E-state index is 0.305. The van der Waals surface area contributed by atoms with E-state index in [1.807, 2.05) is 12.1 Å². The summed E-state index contributed by atoms with van der Waals surface area (Å²) < 4.78 is 58.5. The zero-order valence-corrected chi connectivity index (χ0v) is 19.6. The largest absolute Gasteiger partial charge is 0.494 e. The Kier molecular flexibility index (Phi) is 6.25. The lowest BCUT2D eigenvalue weighted by Gasteiger charge is -2.35. The van der Waals surface area contributed by atoms with Crippen molar-refractivity contribution >= 4 is 31.3 Å². The van der Waals surface area contributed by atoms with Gasteiger partial charge in [-0.15, -0.1) is 0 Å². The summed E-state index contributed by atoms with van der Waals surface area (Å²) in [6.07, 6.45) is 3.51. The Hall–Kier alpha value is -1.77. The van der Waals surface area contributed by atoms with Gasteiger partial charge in [-0.05, 0) is 61.3 Å². The fourth-order valence-corrected chi connectivity index (χ4v) is 6.61. The molecule has 1 fully saturated rings. The van der Waals surface area contributed by atoms with Gasteiger partial charge in [0.2, 0.25) is 0 Å². The Labute approximate surface area is 189 Å². The van der Waals surface area contributed by atoms with Crippen LogP contribution in [0.25, 0.3) is 5.57 Å². The molecule has 2 aliphatic rings. The molecule has 0 aromatic heterocycles. The van der Waals surface area contributed by atoms with E-state index < -0.39 is 26.2 Å². The van der Waals surface area contributed by atoms with Crippen molar-refractivity contribution in [3.05, 3.63) is 69.2 Å². The number of hydrogen-bond acceptors (Lipinski definition) is 4. The van der Waals surface area contributed by atoms with Crippen molar-refractivity contribution in [1.82, 2.24) is 5.32 Å². The summed E-state index contributed by atoms with van der Waals surface area (Å²) in [6, 6.07) is 9.16. The number of piperidine rings is 1. The maximum absolute atomic E-state index is 14.4. The van der Waals surface area contributed by atoms with E-state index in [1.165, 1.54) is 18.4 Å². The Balaban J connectivity index is 1.50. The molecule has 2 aromatic carbocycles. The van der Waals surface area contributed by atoms with Gasteiger partial charge in [0.25, 0.3) is 0 Å². The molecule has 1 saturated heterocycles. The summed E-state index contributed by atoms with van der Waals surface area (Å²) >= 11 is 3.54. The van der Waals surface area contributed by atoms with Crippen LogP contribution in [0, 0.1) is 11.6 Å². The number of hydrogen-bond donors (Lipinski definition) is 1. The highest BCUT2D eigenvalue weighted by molar-refractivity contribution is 9.11. The van der Waals surface area contributed by atoms with Gasteiger partial charge >= 0.3 is 0 Å². The van der Waals surface area contributed by atoms with Crippen LogP contribution in [0.15, 0.2) is 40.9 Å². The summed E-state index contributed by atoms with van der Waals surface area (Å²) in [5, 5.41) is 3.21. The third-order valence-electron chi connectivity index (χ3n) is 6.29. The summed E-state index contributed by atoms with van der Waals surface area (Å²) in [4.78, 5) is 0. The zero-order chi connectivity index (χ0) is 22.2. The number of nitrogens with one attached hydrogen (secondary N) is 1. The highest BCUT2D eigenvalue weighted by atomic mass is 79.9. The van der Waals surface area contributed by atoms with Gasteiger partial charge < -0.3 is 10.1 Å². The number of halogens is 3. The summed E-state index contributed by atoms with van der Waals surface area (Å²) in [6.45, 7) is 1.68. The van der Waals surface area contributed by atoms with Gasteiger partial charge in [-0.2, -0.15) is 0 Å². The molecule has 0 atom stereocenters. The second-order valence-corrected chi connectivity index (χ2v) is 11.6. The highest BCUT2D eigenvalue weighted by Gasteiger charge is 2.41. The molecule has 0 unspecified atom stereocenters. The normalized spacial score (nSPS) is 18.2. The molecule has 1 aliphatic carbocycles. The third-order valence-corrected chi connectivity index (χ3v) is 9.15. The van der Waals surface area contributed by atoms with Gasteiger partial charge in [0, 0.05) is 40.8 Å². The van der Waals surface area contributed by atoms with Gasteiger partial charge in [-0.25, -0.2) is 17.2 Å². The summed E-state index contributed by atoms with van der Waals surface area (Å²) in [5.74, 6) is -0.564. The number of ether oxygens (including phenoxy) is 1. The topological polar surface area (TPSA) is 55.4 Å². The number of allylic oxidation sites excluding steroid dienone is 1. The minimum atomic E-state index is -3.20. The monoisotopic (exact) mass is 511 g/mol. The molecule has 0 saturated carbocycles. The molecule has 166 valence electrons. The Morgan fingerprint density at radius 3 is 2.48 bits per heavy atom. The van der Waals surface area contributed by atoms with Crippen LogP contribution in [0.3, 0.4) is 0 Å². The van der Waals surface area contributed by atoms with E-state index in [2.05, 4.69) is 21.2 Å². The molecular formula is C23H24BrF2NO3S. The van der Waals surface area contributed by atoms with Crippen LogP contribution in [0.2, 0.25) is 0 Å². The number of benzene rings is 2. The average molecular weight is 512 g/mol. The van der Waals surface area contributed by atoms with E-state index in [-0.39, 0.29) is 0 Å². The molecule has 31 heavy (non-hydrogen) atoms. The maximum atomic E-state index is 14.4. The second kappa shape index (κ2) is 8.64. The minimum Gasteiger partial charge on any atom is -0.494 e. The average Bonchev–Trinajstić information content (AvgIpc) is 3.03. The van der Waals surface area contributed by atoms with Crippen LogP contribution >= 0.6 is 15.9 Å². The fraction of sp³-hybridized carbons (Fsp3) is 0.391. The van der Waals surface area contributed by atoms with Crippen LogP contribution < -0.4 is 10.1 Å². The number of sulfone groups is 1. The van der Waals surface area contributed by atoms with Crippen molar-refractivity contribution in [3.8, 4) is 5.75 Å². The fourth-order valence-electron chi connectivity index (χ4n) is 4.48. The number of rotatable bonds is 6. The van der Waals surface area contributed by atoms with Crippen molar-refractivity contribution in [3.63, 3.8) is 0 Å². The molecule has 0 spiro atoms. The van der Waals surface area contributed by atoms with Crippen LogP contribution in [0.5, 0.6) is 5.75 Å². The SMILES string of the molecule is CS(=O)(=O)C1(CCOc2ccc3c(c2)CC(Br)=C3c2ccc(F)cc2F)CCNCC1. The molecule has 2 aromatic rings. The molecular weight excluding hydrogens is 488 g/mol. The second-order valence-electron chi connectivity index (χ2n) is 8.20. The Morgan fingerprint density at radius 2 is 1.81 bits per heavy atom. The zero-order valence-electron chi connectivity index (χ0n) is 17.2. The standard InChI is InChI=1S/C23H24BrF2NO3S/c1-31(28,29)23(6-9-27-10-7-23)8-11-30-17-3-5-18-15(12-17)13-20(24)22(18)19-4-2-16(25)14-21(19)26/h2-5,12,14,27H,6-11,13H2,1H3. The predicted octanol–water partition coefficient (Wildman–Crippen LogP) is 4.61. The van der Waals surface area contributed by atoms with Crippen LogP contribution in [0.1, 0.15) is 36.0 Å². The molecule has 0 amide bonds. The quantitative estimate of drug-likeness (QED) is 0.615. The molecule has 1 aliphatic heterocycles. The number of fused-ring (bicyclic) bond motifs is 1. The first-order chi connectivity index (χ1) is 14.7. The van der Waals surface area contributed by atoms with Gasteiger partial charge in [0.05, 0.1) is 11.4 Å². The van der Waals surface area contributed by atoms with Gasteiger partial charge in [-0.3, -0.25) is 0 Å². The third kappa shape index (κ3) is 4.43. The van der Waals surface area contributed by atoms with Crippen molar-refractivity contribution in [2.75, 3.05) is 26.0 Å². The van der Waals surface area contributed by atoms with Crippen molar-refractivity contribution in [1.29, 1.82) is 0 Å². The van der Waals surface area contributed by atoms with E-state index in [9.17, 15) is 17.2 Å². The lowest BCUT2D eigenvalue weighted by molar-refractivity contribution is 0.262. The van der Waals surface area contributed by atoms with E-state index in [4.69, 9.17) is 4.74 Å². The van der Waals surface area contributed by atoms with Crippen LogP contribution in [-0.4, -0.2) is 39.1 Å². The van der Waals surface area contributed by atoms with E-state index in [0.717, 1.165) is 21.7 Å². The van der Waals surface area contributed by atoms with Gasteiger partial charge in [0.15, 0.2) is 9.84 Å². The van der Waals surface area contributed by atoms with E-state index in [0.29, 0.717) is 62.3 Å². The Morgan fingerprint density at radius 1 is 1.10 bits per heavy atom. The molecule has 4 rings (SSSR count). The first-order valence-electron chi connectivity index (χ1n) is 10.2. The van der Waals surface area contributed by atoms with E-state index >= 15 is 0 Å². The molecule has 1 N–H and O–H groups in total. The summed E-state index contributed by atoms with van der Waals surface area (Å²) in [5.41, 5.74) is 2.91. The highest BCUT2D eigenvalue weighted by Crippen LogP contribution is 2.42. The maximum Gasteiger partial charge on any atom is 0.153 e. The molecule has 0 bridgehead atoms.